The van der Waals surface area contributed by atoms with Crippen molar-refractivity contribution in [2.45, 2.75) is 97.9 Å². The highest BCUT2D eigenvalue weighted by molar-refractivity contribution is 5.92. The van der Waals surface area contributed by atoms with Crippen LogP contribution in [0.2, 0.25) is 0 Å². The van der Waals surface area contributed by atoms with Crippen molar-refractivity contribution in [1.29, 1.82) is 0 Å². The van der Waals surface area contributed by atoms with Crippen LogP contribution in [0, 0.1) is 13.8 Å². The number of alkyl carbamates (subject to hydrolysis) is 1. The predicted molar refractivity (Wildman–Crippen MR) is 125 cm³/mol. The van der Waals surface area contributed by atoms with E-state index >= 15 is 0 Å². The Labute approximate surface area is 192 Å². The van der Waals surface area contributed by atoms with Crippen LogP contribution in [-0.2, 0) is 14.3 Å². The molecule has 0 radical (unpaired) electrons. The molecule has 1 aromatic carbocycles. The van der Waals surface area contributed by atoms with Gasteiger partial charge >= 0.3 is 6.09 Å². The second kappa shape index (κ2) is 10.8. The molecule has 0 spiro atoms. The Kier molecular flexibility index (Phi) is 8.70. The van der Waals surface area contributed by atoms with Gasteiger partial charge in [0.05, 0.1) is 0 Å². The average molecular weight is 446 g/mol. The van der Waals surface area contributed by atoms with Gasteiger partial charge in [-0.15, -0.1) is 0 Å². The fourth-order valence-electron chi connectivity index (χ4n) is 3.78. The molecule has 0 heterocycles. The Bertz CT molecular complexity index is 807. The molecule has 0 bridgehead atoms. The van der Waals surface area contributed by atoms with Gasteiger partial charge in [-0.2, -0.15) is 0 Å². The molecule has 0 saturated heterocycles. The second-order valence-corrected chi connectivity index (χ2v) is 9.70. The fraction of sp³-hybridized carbons (Fsp3) is 0.640. The molecule has 178 valence electrons. The normalized spacial score (nSPS) is 15.5. The van der Waals surface area contributed by atoms with Gasteiger partial charge in [0.2, 0.25) is 11.8 Å². The Morgan fingerprint density at radius 3 is 2.25 bits per heavy atom. The van der Waals surface area contributed by atoms with Crippen molar-refractivity contribution in [3.63, 3.8) is 0 Å². The van der Waals surface area contributed by atoms with Gasteiger partial charge in [0.15, 0.2) is 0 Å². The Morgan fingerprint density at radius 1 is 1.16 bits per heavy atom. The maximum atomic E-state index is 13.6. The number of carbonyl (C=O) groups excluding carboxylic acids is 3. The van der Waals surface area contributed by atoms with Crippen LogP contribution in [0.15, 0.2) is 18.2 Å². The molecule has 0 aliphatic heterocycles. The van der Waals surface area contributed by atoms with Crippen LogP contribution in [-0.4, -0.2) is 47.0 Å². The van der Waals surface area contributed by atoms with Gasteiger partial charge in [-0.25, -0.2) is 4.79 Å². The van der Waals surface area contributed by atoms with Crippen LogP contribution < -0.4 is 10.6 Å². The molecule has 2 unspecified atom stereocenters. The summed E-state index contributed by atoms with van der Waals surface area (Å²) in [6, 6.07) is 4.30. The maximum absolute atomic E-state index is 13.6. The highest BCUT2D eigenvalue weighted by atomic mass is 16.6. The minimum Gasteiger partial charge on any atom is -0.444 e. The molecule has 1 fully saturated rings. The zero-order valence-electron chi connectivity index (χ0n) is 20.6. The molecule has 3 amide bonds. The summed E-state index contributed by atoms with van der Waals surface area (Å²) in [5.74, 6) is -0.461. The number of amides is 3. The van der Waals surface area contributed by atoms with E-state index in [1.54, 1.807) is 32.6 Å². The standard InChI is InChI=1S/C25H39N3O4/c1-8-9-15-26-22(29)21(20-16(2)11-10-12-17(20)3)28(19-13-14-19)23(30)18(4)27-24(31)32-25(5,6)7/h10-12,18-19,21H,8-9,13-15H2,1-7H3,(H,26,29)(H,27,31). The maximum Gasteiger partial charge on any atom is 0.408 e. The van der Waals surface area contributed by atoms with Crippen molar-refractivity contribution >= 4 is 17.9 Å². The molecule has 1 saturated carbocycles. The van der Waals surface area contributed by atoms with Crippen LogP contribution in [0.4, 0.5) is 4.79 Å². The Balaban J connectivity index is 2.36. The molecule has 2 atom stereocenters. The largest absolute Gasteiger partial charge is 0.444 e. The smallest absolute Gasteiger partial charge is 0.408 e. The molecule has 32 heavy (non-hydrogen) atoms. The van der Waals surface area contributed by atoms with Crippen molar-refractivity contribution in [2.75, 3.05) is 6.54 Å². The van der Waals surface area contributed by atoms with Gasteiger partial charge in [-0.1, -0.05) is 31.5 Å². The summed E-state index contributed by atoms with van der Waals surface area (Å²) in [5.41, 5.74) is 2.12. The van der Waals surface area contributed by atoms with Crippen LogP contribution in [0.1, 0.15) is 83.0 Å². The molecular weight excluding hydrogens is 406 g/mol. The lowest BCUT2D eigenvalue weighted by molar-refractivity contribution is -0.143. The summed E-state index contributed by atoms with van der Waals surface area (Å²) in [7, 11) is 0. The third-order valence-electron chi connectivity index (χ3n) is 5.47. The SMILES string of the molecule is CCCCNC(=O)C(c1c(C)cccc1C)N(C(=O)C(C)NC(=O)OC(C)(C)C)C1CC1. The third-order valence-corrected chi connectivity index (χ3v) is 5.47. The van der Waals surface area contributed by atoms with E-state index in [0.29, 0.717) is 6.54 Å². The lowest BCUT2D eigenvalue weighted by Crippen LogP contribution is -2.53. The summed E-state index contributed by atoms with van der Waals surface area (Å²) >= 11 is 0. The zero-order chi connectivity index (χ0) is 24.1. The van der Waals surface area contributed by atoms with E-state index in [-0.39, 0.29) is 17.9 Å². The minimum absolute atomic E-state index is 0.0219. The monoisotopic (exact) mass is 445 g/mol. The van der Waals surface area contributed by atoms with Gasteiger partial charge in [0, 0.05) is 12.6 Å². The molecule has 7 heteroatoms. The van der Waals surface area contributed by atoms with E-state index in [1.807, 2.05) is 32.0 Å². The molecule has 7 nitrogen and oxygen atoms in total. The first kappa shape index (κ1) is 25.7. The van der Waals surface area contributed by atoms with Gasteiger partial charge in [0.25, 0.3) is 0 Å². The molecule has 0 aromatic heterocycles. The number of aryl methyl sites for hydroxylation is 2. The lowest BCUT2D eigenvalue weighted by Gasteiger charge is -2.35. The number of hydrogen-bond acceptors (Lipinski definition) is 4. The first-order chi connectivity index (χ1) is 15.0. The van der Waals surface area contributed by atoms with Gasteiger partial charge in [0.1, 0.15) is 17.7 Å². The quantitative estimate of drug-likeness (QED) is 0.559. The summed E-state index contributed by atoms with van der Waals surface area (Å²) < 4.78 is 5.31. The summed E-state index contributed by atoms with van der Waals surface area (Å²) in [6.45, 7) is 13.5. The highest BCUT2D eigenvalue weighted by Crippen LogP contribution is 2.37. The molecule has 1 aliphatic carbocycles. The first-order valence-electron chi connectivity index (χ1n) is 11.6. The number of unbranched alkanes of at least 4 members (excludes halogenated alkanes) is 1. The van der Waals surface area contributed by atoms with Crippen molar-refractivity contribution in [3.05, 3.63) is 34.9 Å². The number of ether oxygens (including phenoxy) is 1. The first-order valence-corrected chi connectivity index (χ1v) is 11.6. The Hall–Kier alpha value is -2.57. The van der Waals surface area contributed by atoms with Gasteiger partial charge < -0.3 is 20.3 Å². The Morgan fingerprint density at radius 2 is 1.75 bits per heavy atom. The summed E-state index contributed by atoms with van der Waals surface area (Å²) in [5, 5.41) is 5.66. The van der Waals surface area contributed by atoms with Crippen molar-refractivity contribution in [2.24, 2.45) is 0 Å². The van der Waals surface area contributed by atoms with Crippen molar-refractivity contribution in [3.8, 4) is 0 Å². The van der Waals surface area contributed by atoms with E-state index in [0.717, 1.165) is 42.4 Å². The number of nitrogens with one attached hydrogen (secondary N) is 2. The van der Waals surface area contributed by atoms with Crippen LogP contribution >= 0.6 is 0 Å². The predicted octanol–water partition coefficient (Wildman–Crippen LogP) is 4.17. The van der Waals surface area contributed by atoms with E-state index in [1.165, 1.54) is 0 Å². The van der Waals surface area contributed by atoms with Crippen LogP contribution in [0.25, 0.3) is 0 Å². The number of hydrogen-bond donors (Lipinski definition) is 2. The number of carbonyl (C=O) groups is 3. The number of rotatable bonds is 9. The topological polar surface area (TPSA) is 87.7 Å². The minimum atomic E-state index is -0.819. The summed E-state index contributed by atoms with van der Waals surface area (Å²) in [6.07, 6.45) is 2.88. The van der Waals surface area contributed by atoms with Gasteiger partial charge in [-0.3, -0.25) is 9.59 Å². The van der Waals surface area contributed by atoms with E-state index in [4.69, 9.17) is 4.74 Å². The molecule has 1 aromatic rings. The second-order valence-electron chi connectivity index (χ2n) is 9.70. The zero-order valence-corrected chi connectivity index (χ0v) is 20.6. The van der Waals surface area contributed by atoms with Crippen molar-refractivity contribution < 1.29 is 19.1 Å². The molecule has 2 rings (SSSR count). The molecule has 2 N–H and O–H groups in total. The average Bonchev–Trinajstić information content (AvgIpc) is 3.50. The van der Waals surface area contributed by atoms with E-state index in [9.17, 15) is 14.4 Å². The third kappa shape index (κ3) is 6.97. The van der Waals surface area contributed by atoms with Crippen LogP contribution in [0.5, 0.6) is 0 Å². The van der Waals surface area contributed by atoms with E-state index < -0.39 is 23.8 Å². The van der Waals surface area contributed by atoms with Crippen molar-refractivity contribution in [1.82, 2.24) is 15.5 Å². The highest BCUT2D eigenvalue weighted by Gasteiger charge is 2.43. The lowest BCUT2D eigenvalue weighted by atomic mass is 9.93. The van der Waals surface area contributed by atoms with Crippen LogP contribution in [0.3, 0.4) is 0 Å². The van der Waals surface area contributed by atoms with E-state index in [2.05, 4.69) is 17.6 Å². The molecular formula is C25H39N3O4. The number of nitrogens with zero attached hydrogens (tertiary/aromatic N) is 1. The summed E-state index contributed by atoms with van der Waals surface area (Å²) in [4.78, 5) is 40.9. The fourth-order valence-corrected chi connectivity index (χ4v) is 3.78. The molecule has 1 aliphatic rings. The number of benzene rings is 1. The van der Waals surface area contributed by atoms with Gasteiger partial charge in [-0.05, 0) is 77.5 Å².